The third kappa shape index (κ3) is 8.88. The van der Waals surface area contributed by atoms with Gasteiger partial charge in [0.1, 0.15) is 5.75 Å². The number of hydrogen-bond donors (Lipinski definition) is 2. The van der Waals surface area contributed by atoms with E-state index in [1.807, 2.05) is 13.8 Å². The van der Waals surface area contributed by atoms with Crippen LogP contribution in [-0.4, -0.2) is 37.8 Å². The highest BCUT2D eigenvalue weighted by Crippen LogP contribution is 2.22. The average molecular weight is 532 g/mol. The molecule has 0 atom stereocenters. The van der Waals surface area contributed by atoms with E-state index >= 15 is 0 Å². The summed E-state index contributed by atoms with van der Waals surface area (Å²) >= 11 is 1.72. The van der Waals surface area contributed by atoms with E-state index in [0.717, 1.165) is 47.5 Å². The Morgan fingerprint density at radius 3 is 2.62 bits per heavy atom. The van der Waals surface area contributed by atoms with Gasteiger partial charge in [-0.2, -0.15) is 0 Å². The van der Waals surface area contributed by atoms with Crippen LogP contribution < -0.4 is 15.4 Å². The summed E-state index contributed by atoms with van der Waals surface area (Å²) in [6, 6.07) is 6.25. The molecule has 2 rings (SSSR count). The van der Waals surface area contributed by atoms with Crippen LogP contribution in [-0.2, 0) is 17.8 Å². The van der Waals surface area contributed by atoms with E-state index < -0.39 is 0 Å². The first-order valence-corrected chi connectivity index (χ1v) is 10.5. The number of hydrogen-bond acceptors (Lipinski definition) is 5. The predicted octanol–water partition coefficient (Wildman–Crippen LogP) is 4.36. The lowest BCUT2D eigenvalue weighted by molar-refractivity contribution is 0.172. The summed E-state index contributed by atoms with van der Waals surface area (Å²) in [4.78, 5) is 10.5. The number of ether oxygens (including phenoxy) is 2. The van der Waals surface area contributed by atoms with E-state index in [2.05, 4.69) is 47.7 Å². The van der Waals surface area contributed by atoms with E-state index in [-0.39, 0.29) is 24.0 Å². The molecule has 2 aromatic rings. The molecule has 8 heteroatoms. The molecule has 6 nitrogen and oxygen atoms in total. The molecular formula is C21H33IN4O2S. The molecule has 0 aliphatic rings. The minimum absolute atomic E-state index is 0. The molecule has 0 fully saturated rings. The van der Waals surface area contributed by atoms with E-state index in [4.69, 9.17) is 14.5 Å². The molecule has 0 amide bonds. The normalized spacial score (nSPS) is 11.1. The van der Waals surface area contributed by atoms with Crippen molar-refractivity contribution in [3.8, 4) is 5.75 Å². The highest BCUT2D eigenvalue weighted by molar-refractivity contribution is 14.0. The Morgan fingerprint density at radius 1 is 1.17 bits per heavy atom. The van der Waals surface area contributed by atoms with E-state index in [9.17, 15) is 0 Å². The summed E-state index contributed by atoms with van der Waals surface area (Å²) in [6.45, 7) is 11.6. The molecule has 29 heavy (non-hydrogen) atoms. The Bertz CT molecular complexity index is 780. The van der Waals surface area contributed by atoms with E-state index in [0.29, 0.717) is 19.8 Å². The molecule has 0 spiro atoms. The van der Waals surface area contributed by atoms with E-state index in [1.165, 1.54) is 10.4 Å². The fraction of sp³-hybridized carbons (Fsp3) is 0.524. The Hall–Kier alpha value is -1.39. The lowest BCUT2D eigenvalue weighted by atomic mass is 10.1. The molecule has 0 saturated heterocycles. The second-order valence-electron chi connectivity index (χ2n) is 6.60. The highest BCUT2D eigenvalue weighted by Gasteiger charge is 2.08. The molecular weight excluding hydrogens is 499 g/mol. The summed E-state index contributed by atoms with van der Waals surface area (Å²) in [5.41, 5.74) is 3.33. The number of aliphatic imine (C=N–C) groups is 1. The molecule has 2 N–H and O–H groups in total. The Labute approximate surface area is 195 Å². The van der Waals surface area contributed by atoms with Crippen LogP contribution in [0.15, 0.2) is 23.2 Å². The van der Waals surface area contributed by atoms with Crippen LogP contribution in [0.1, 0.15) is 40.1 Å². The summed E-state index contributed by atoms with van der Waals surface area (Å²) in [5, 5.41) is 7.80. The van der Waals surface area contributed by atoms with Crippen molar-refractivity contribution in [1.29, 1.82) is 0 Å². The van der Waals surface area contributed by atoms with Gasteiger partial charge in [-0.15, -0.1) is 35.3 Å². The van der Waals surface area contributed by atoms with E-state index in [1.54, 1.807) is 18.4 Å². The number of benzene rings is 1. The maximum Gasteiger partial charge on any atom is 0.191 e. The van der Waals surface area contributed by atoms with Gasteiger partial charge in [-0.05, 0) is 39.3 Å². The van der Waals surface area contributed by atoms with Gasteiger partial charge >= 0.3 is 0 Å². The minimum Gasteiger partial charge on any atom is -0.493 e. The van der Waals surface area contributed by atoms with Crippen molar-refractivity contribution in [3.05, 3.63) is 44.9 Å². The van der Waals surface area contributed by atoms with Crippen molar-refractivity contribution in [2.24, 2.45) is 4.99 Å². The lowest BCUT2D eigenvalue weighted by Crippen LogP contribution is -2.36. The Balaban J connectivity index is 0.00000420. The van der Waals surface area contributed by atoms with Gasteiger partial charge in [0.15, 0.2) is 5.96 Å². The van der Waals surface area contributed by atoms with Crippen LogP contribution >= 0.6 is 35.3 Å². The second-order valence-corrected chi connectivity index (χ2v) is 7.88. The number of halogens is 1. The van der Waals surface area contributed by atoms with Gasteiger partial charge in [-0.25, -0.2) is 9.98 Å². The summed E-state index contributed by atoms with van der Waals surface area (Å²) in [5.74, 6) is 1.68. The van der Waals surface area contributed by atoms with Crippen LogP contribution in [0.4, 0.5) is 0 Å². The Morgan fingerprint density at radius 2 is 1.97 bits per heavy atom. The topological polar surface area (TPSA) is 67.8 Å². The molecule has 0 radical (unpaired) electrons. The molecule has 1 heterocycles. The monoisotopic (exact) mass is 532 g/mol. The maximum atomic E-state index is 5.96. The molecule has 0 bridgehead atoms. The van der Waals surface area contributed by atoms with Crippen molar-refractivity contribution in [2.75, 3.05) is 26.9 Å². The van der Waals surface area contributed by atoms with Crippen molar-refractivity contribution >= 4 is 41.3 Å². The summed E-state index contributed by atoms with van der Waals surface area (Å²) < 4.78 is 11.1. The van der Waals surface area contributed by atoms with Gasteiger partial charge in [0, 0.05) is 37.1 Å². The SMILES string of the molecule is CCNC(=NCc1ccc(C)cc1OCCCOC)NCc1sc(C)nc1C.I. The zero-order valence-corrected chi connectivity index (χ0v) is 21.1. The number of nitrogens with one attached hydrogen (secondary N) is 2. The van der Waals surface area contributed by atoms with Crippen LogP contribution in [0.5, 0.6) is 5.75 Å². The number of aromatic nitrogens is 1. The summed E-state index contributed by atoms with van der Waals surface area (Å²) in [7, 11) is 1.71. The molecule has 0 saturated carbocycles. The molecule has 1 aromatic heterocycles. The largest absolute Gasteiger partial charge is 0.493 e. The number of methoxy groups -OCH3 is 1. The fourth-order valence-corrected chi connectivity index (χ4v) is 3.60. The highest BCUT2D eigenvalue weighted by atomic mass is 127. The first kappa shape index (κ1) is 25.6. The van der Waals surface area contributed by atoms with Crippen LogP contribution in [0.3, 0.4) is 0 Å². The van der Waals surface area contributed by atoms with Crippen molar-refractivity contribution in [3.63, 3.8) is 0 Å². The maximum absolute atomic E-state index is 5.96. The molecule has 0 aliphatic carbocycles. The van der Waals surface area contributed by atoms with Gasteiger partial charge in [0.05, 0.1) is 30.4 Å². The third-order valence-electron chi connectivity index (χ3n) is 4.14. The number of thiazole rings is 1. The standard InChI is InChI=1S/C21H32N4O2S.HI/c1-6-22-21(24-14-20-16(3)25-17(4)28-20)23-13-18-9-8-15(2)12-19(18)27-11-7-10-26-5;/h8-9,12H,6-7,10-11,13-14H2,1-5H3,(H2,22,23,24);1H. The number of nitrogens with zero attached hydrogens (tertiary/aromatic N) is 2. The van der Waals surface area contributed by atoms with Crippen LogP contribution in [0, 0.1) is 20.8 Å². The van der Waals surface area contributed by atoms with Gasteiger partial charge < -0.3 is 20.1 Å². The molecule has 1 aromatic carbocycles. The Kier molecular flexibility index (Phi) is 12.2. The summed E-state index contributed by atoms with van der Waals surface area (Å²) in [6.07, 6.45) is 0.866. The van der Waals surface area contributed by atoms with Crippen LogP contribution in [0.25, 0.3) is 0 Å². The molecule has 0 aliphatic heterocycles. The lowest BCUT2D eigenvalue weighted by Gasteiger charge is -2.13. The molecule has 0 unspecified atom stereocenters. The predicted molar refractivity (Wildman–Crippen MR) is 132 cm³/mol. The molecule has 162 valence electrons. The average Bonchev–Trinajstić information content (AvgIpc) is 2.99. The number of guanidine groups is 1. The van der Waals surface area contributed by atoms with Gasteiger partial charge in [-0.3, -0.25) is 0 Å². The van der Waals surface area contributed by atoms with Crippen molar-refractivity contribution in [2.45, 2.75) is 47.2 Å². The number of aryl methyl sites for hydroxylation is 3. The van der Waals surface area contributed by atoms with Gasteiger partial charge in [0.25, 0.3) is 0 Å². The quantitative estimate of drug-likeness (QED) is 0.206. The minimum atomic E-state index is 0. The zero-order chi connectivity index (χ0) is 20.4. The third-order valence-corrected chi connectivity index (χ3v) is 5.21. The van der Waals surface area contributed by atoms with Gasteiger partial charge in [-0.1, -0.05) is 12.1 Å². The van der Waals surface area contributed by atoms with Crippen molar-refractivity contribution < 1.29 is 9.47 Å². The van der Waals surface area contributed by atoms with Crippen molar-refractivity contribution in [1.82, 2.24) is 15.6 Å². The first-order valence-electron chi connectivity index (χ1n) is 9.69. The second kappa shape index (κ2) is 13.8. The van der Waals surface area contributed by atoms with Gasteiger partial charge in [0.2, 0.25) is 0 Å². The smallest absolute Gasteiger partial charge is 0.191 e. The van der Waals surface area contributed by atoms with Crippen LogP contribution in [0.2, 0.25) is 0 Å². The first-order chi connectivity index (χ1) is 13.5. The number of rotatable bonds is 10. The fourth-order valence-electron chi connectivity index (χ4n) is 2.72. The zero-order valence-electron chi connectivity index (χ0n) is 18.0.